The van der Waals surface area contributed by atoms with Gasteiger partial charge in [-0.2, -0.15) is 0 Å². The largest absolute Gasteiger partial charge is 0.354 e. The van der Waals surface area contributed by atoms with Crippen molar-refractivity contribution in [3.05, 3.63) is 66.0 Å². The first-order valence-electron chi connectivity index (χ1n) is 8.33. The number of fused-ring (bicyclic) bond motifs is 1. The van der Waals surface area contributed by atoms with Crippen LogP contribution in [0.25, 0.3) is 22.2 Å². The Balaban J connectivity index is 1.80. The van der Waals surface area contributed by atoms with E-state index in [2.05, 4.69) is 10.2 Å². The number of aromatic nitrogens is 1. The summed E-state index contributed by atoms with van der Waals surface area (Å²) in [5.41, 5.74) is 3.66. The van der Waals surface area contributed by atoms with Gasteiger partial charge in [0.05, 0.1) is 17.8 Å². The van der Waals surface area contributed by atoms with E-state index >= 15 is 0 Å². The number of piperazine rings is 1. The lowest BCUT2D eigenvalue weighted by Gasteiger charge is -2.27. The molecule has 3 aromatic rings. The van der Waals surface area contributed by atoms with Crippen LogP contribution in [0.5, 0.6) is 0 Å². The monoisotopic (exact) mass is 335 g/mol. The molecule has 4 rings (SSSR count). The van der Waals surface area contributed by atoms with Gasteiger partial charge < -0.3 is 5.32 Å². The lowest BCUT2D eigenvalue weighted by atomic mass is 10.0. The van der Waals surface area contributed by atoms with Crippen molar-refractivity contribution in [3.8, 4) is 11.3 Å². The highest BCUT2D eigenvalue weighted by Gasteiger charge is 2.19. The molecule has 0 spiro atoms. The summed E-state index contributed by atoms with van der Waals surface area (Å²) in [6, 6.07) is 16.6. The van der Waals surface area contributed by atoms with Gasteiger partial charge in [0.15, 0.2) is 0 Å². The molecule has 25 heavy (non-hydrogen) atoms. The number of carbonyl (C=O) groups is 1. The molecule has 1 saturated heterocycles. The van der Waals surface area contributed by atoms with Crippen LogP contribution in [0, 0.1) is 5.82 Å². The fourth-order valence-electron chi connectivity index (χ4n) is 3.22. The van der Waals surface area contributed by atoms with E-state index in [1.54, 1.807) is 6.07 Å². The standard InChI is InChI=1S/C20H18FN3O/c21-17-6-7-18-15(11-17)10-16(12-24-9-8-22-19(25)13-24)20(23-18)14-4-2-1-3-5-14/h1-7,10-11H,8-9,12-13H2,(H,22,25). The third kappa shape index (κ3) is 3.37. The molecule has 0 unspecified atom stereocenters. The molecule has 1 aliphatic rings. The van der Waals surface area contributed by atoms with E-state index < -0.39 is 0 Å². The Kier molecular flexibility index (Phi) is 4.15. The van der Waals surface area contributed by atoms with Crippen LogP contribution < -0.4 is 5.32 Å². The SMILES string of the molecule is O=C1CN(Cc2cc3cc(F)ccc3nc2-c2ccccc2)CCN1. The maximum absolute atomic E-state index is 13.6. The van der Waals surface area contributed by atoms with Gasteiger partial charge >= 0.3 is 0 Å². The summed E-state index contributed by atoms with van der Waals surface area (Å²) in [4.78, 5) is 18.5. The minimum absolute atomic E-state index is 0.0345. The third-order valence-corrected chi connectivity index (χ3v) is 4.41. The summed E-state index contributed by atoms with van der Waals surface area (Å²) in [7, 11) is 0. The fourth-order valence-corrected chi connectivity index (χ4v) is 3.22. The van der Waals surface area contributed by atoms with Crippen molar-refractivity contribution in [2.45, 2.75) is 6.54 Å². The summed E-state index contributed by atoms with van der Waals surface area (Å²) in [5.74, 6) is -0.239. The minimum Gasteiger partial charge on any atom is -0.354 e. The Hall–Kier alpha value is -2.79. The quantitative estimate of drug-likeness (QED) is 0.800. The van der Waals surface area contributed by atoms with Crippen molar-refractivity contribution >= 4 is 16.8 Å². The number of halogens is 1. The number of pyridine rings is 1. The zero-order chi connectivity index (χ0) is 17.2. The third-order valence-electron chi connectivity index (χ3n) is 4.41. The molecule has 1 amide bonds. The van der Waals surface area contributed by atoms with Gasteiger partial charge in [-0.1, -0.05) is 30.3 Å². The number of benzene rings is 2. The van der Waals surface area contributed by atoms with Gasteiger partial charge in [0, 0.05) is 30.6 Å². The molecule has 0 bridgehead atoms. The van der Waals surface area contributed by atoms with Gasteiger partial charge in [-0.15, -0.1) is 0 Å². The fraction of sp³-hybridized carbons (Fsp3) is 0.200. The van der Waals surface area contributed by atoms with Crippen LogP contribution in [0.3, 0.4) is 0 Å². The van der Waals surface area contributed by atoms with Gasteiger partial charge in [0.25, 0.3) is 0 Å². The van der Waals surface area contributed by atoms with Crippen LogP contribution in [-0.4, -0.2) is 35.4 Å². The molecule has 2 aromatic carbocycles. The van der Waals surface area contributed by atoms with Gasteiger partial charge in [-0.3, -0.25) is 9.69 Å². The minimum atomic E-state index is -0.273. The molecular weight excluding hydrogens is 317 g/mol. The Bertz CT molecular complexity index is 927. The van der Waals surface area contributed by atoms with Crippen molar-refractivity contribution in [2.24, 2.45) is 0 Å². The second-order valence-electron chi connectivity index (χ2n) is 6.26. The summed E-state index contributed by atoms with van der Waals surface area (Å²) in [6.45, 7) is 2.42. The molecule has 5 heteroatoms. The molecule has 0 atom stereocenters. The number of carbonyl (C=O) groups excluding carboxylic acids is 1. The van der Waals surface area contributed by atoms with Gasteiger partial charge in [-0.05, 0) is 29.8 Å². The van der Waals surface area contributed by atoms with Gasteiger partial charge in [-0.25, -0.2) is 9.37 Å². The van der Waals surface area contributed by atoms with Gasteiger partial charge in [0.1, 0.15) is 5.82 Å². The smallest absolute Gasteiger partial charge is 0.234 e. The normalized spacial score (nSPS) is 15.3. The molecule has 0 saturated carbocycles. The number of amides is 1. The number of hydrogen-bond acceptors (Lipinski definition) is 3. The molecule has 2 heterocycles. The second-order valence-corrected chi connectivity index (χ2v) is 6.26. The van der Waals surface area contributed by atoms with Crippen molar-refractivity contribution < 1.29 is 9.18 Å². The van der Waals surface area contributed by atoms with E-state index in [-0.39, 0.29) is 11.7 Å². The van der Waals surface area contributed by atoms with Crippen LogP contribution in [0.4, 0.5) is 4.39 Å². The summed E-state index contributed by atoms with van der Waals surface area (Å²) in [5, 5.41) is 3.61. The van der Waals surface area contributed by atoms with Crippen molar-refractivity contribution in [1.82, 2.24) is 15.2 Å². The highest BCUT2D eigenvalue weighted by atomic mass is 19.1. The molecule has 1 aromatic heterocycles. The molecule has 0 radical (unpaired) electrons. The highest BCUT2D eigenvalue weighted by molar-refractivity contribution is 5.83. The molecule has 1 aliphatic heterocycles. The van der Waals surface area contributed by atoms with E-state index in [1.165, 1.54) is 12.1 Å². The molecule has 126 valence electrons. The predicted molar refractivity (Wildman–Crippen MR) is 95.4 cm³/mol. The van der Waals surface area contributed by atoms with Crippen molar-refractivity contribution in [2.75, 3.05) is 19.6 Å². The molecule has 4 nitrogen and oxygen atoms in total. The molecule has 1 fully saturated rings. The van der Waals surface area contributed by atoms with E-state index in [9.17, 15) is 9.18 Å². The molecular formula is C20H18FN3O. The van der Waals surface area contributed by atoms with E-state index in [0.717, 1.165) is 34.3 Å². The highest BCUT2D eigenvalue weighted by Crippen LogP contribution is 2.27. The zero-order valence-electron chi connectivity index (χ0n) is 13.7. The predicted octanol–water partition coefficient (Wildman–Crippen LogP) is 2.97. The maximum Gasteiger partial charge on any atom is 0.234 e. The average Bonchev–Trinajstić information content (AvgIpc) is 2.62. The Labute approximate surface area is 145 Å². The number of rotatable bonds is 3. The number of nitrogens with zero attached hydrogens (tertiary/aromatic N) is 2. The topological polar surface area (TPSA) is 45.2 Å². The van der Waals surface area contributed by atoms with Crippen LogP contribution in [0.2, 0.25) is 0 Å². The first-order chi connectivity index (χ1) is 12.2. The second kappa shape index (κ2) is 6.61. The Morgan fingerprint density at radius 2 is 1.96 bits per heavy atom. The van der Waals surface area contributed by atoms with Crippen molar-refractivity contribution in [3.63, 3.8) is 0 Å². The van der Waals surface area contributed by atoms with E-state index in [4.69, 9.17) is 4.98 Å². The van der Waals surface area contributed by atoms with E-state index in [0.29, 0.717) is 19.6 Å². The summed E-state index contributed by atoms with van der Waals surface area (Å²) < 4.78 is 13.6. The first kappa shape index (κ1) is 15.7. The lowest BCUT2D eigenvalue weighted by Crippen LogP contribution is -2.47. The summed E-state index contributed by atoms with van der Waals surface area (Å²) in [6.07, 6.45) is 0. The van der Waals surface area contributed by atoms with E-state index in [1.807, 2.05) is 36.4 Å². The van der Waals surface area contributed by atoms with Crippen LogP contribution in [0.1, 0.15) is 5.56 Å². The first-order valence-corrected chi connectivity index (χ1v) is 8.33. The Morgan fingerprint density at radius 3 is 2.76 bits per heavy atom. The van der Waals surface area contributed by atoms with Crippen molar-refractivity contribution in [1.29, 1.82) is 0 Å². The molecule has 1 N–H and O–H groups in total. The van der Waals surface area contributed by atoms with Crippen LogP contribution >= 0.6 is 0 Å². The Morgan fingerprint density at radius 1 is 1.12 bits per heavy atom. The maximum atomic E-state index is 13.6. The number of hydrogen-bond donors (Lipinski definition) is 1. The van der Waals surface area contributed by atoms with Gasteiger partial charge in [0.2, 0.25) is 5.91 Å². The zero-order valence-corrected chi connectivity index (χ0v) is 13.7. The average molecular weight is 335 g/mol. The lowest BCUT2D eigenvalue weighted by molar-refractivity contribution is -0.124. The number of nitrogens with one attached hydrogen (secondary N) is 1. The summed E-state index contributed by atoms with van der Waals surface area (Å²) >= 11 is 0. The van der Waals surface area contributed by atoms with Crippen LogP contribution in [-0.2, 0) is 11.3 Å². The van der Waals surface area contributed by atoms with Crippen LogP contribution in [0.15, 0.2) is 54.6 Å². The molecule has 0 aliphatic carbocycles.